The lowest BCUT2D eigenvalue weighted by atomic mass is 9.78. The second-order valence-electron chi connectivity index (χ2n) is 5.93. The van der Waals surface area contributed by atoms with Gasteiger partial charge in [0.05, 0.1) is 0 Å². The van der Waals surface area contributed by atoms with Crippen molar-refractivity contribution in [2.24, 2.45) is 5.41 Å². The zero-order valence-corrected chi connectivity index (χ0v) is 12.8. The quantitative estimate of drug-likeness (QED) is 0.887. The zero-order chi connectivity index (χ0) is 13.7. The highest BCUT2D eigenvalue weighted by molar-refractivity contribution is 6.30. The lowest BCUT2D eigenvalue weighted by molar-refractivity contribution is 0.125. The van der Waals surface area contributed by atoms with Gasteiger partial charge in [-0.15, -0.1) is 0 Å². The second-order valence-corrected chi connectivity index (χ2v) is 6.37. The summed E-state index contributed by atoms with van der Waals surface area (Å²) in [6.45, 7) is 6.83. The maximum atomic E-state index is 5.93. The van der Waals surface area contributed by atoms with Gasteiger partial charge in [-0.3, -0.25) is 0 Å². The molecule has 0 aliphatic carbocycles. The van der Waals surface area contributed by atoms with E-state index in [1.54, 1.807) is 0 Å². The fourth-order valence-electron chi connectivity index (χ4n) is 3.11. The van der Waals surface area contributed by atoms with Crippen molar-refractivity contribution in [1.29, 1.82) is 0 Å². The molecule has 1 N–H and O–H groups in total. The molecule has 3 heteroatoms. The third-order valence-electron chi connectivity index (χ3n) is 4.28. The van der Waals surface area contributed by atoms with Gasteiger partial charge in [0.25, 0.3) is 0 Å². The molecule has 1 fully saturated rings. The van der Waals surface area contributed by atoms with E-state index in [0.717, 1.165) is 18.1 Å². The monoisotopic (exact) mass is 280 g/mol. The fraction of sp³-hybridized carbons (Fsp3) is 0.625. The van der Waals surface area contributed by atoms with E-state index in [1.807, 2.05) is 12.1 Å². The van der Waals surface area contributed by atoms with Crippen LogP contribution in [0.3, 0.4) is 0 Å². The largest absolute Gasteiger partial charge is 0.316 e. The second kappa shape index (κ2) is 6.74. The summed E-state index contributed by atoms with van der Waals surface area (Å²) >= 11 is 5.93. The van der Waals surface area contributed by atoms with Crippen LogP contribution < -0.4 is 5.32 Å². The minimum absolute atomic E-state index is 0.458. The molecule has 19 heavy (non-hydrogen) atoms. The molecule has 0 radical (unpaired) electrons. The molecule has 0 spiro atoms. The van der Waals surface area contributed by atoms with Crippen LogP contribution in [0, 0.1) is 5.41 Å². The van der Waals surface area contributed by atoms with E-state index in [4.69, 9.17) is 11.6 Å². The van der Waals surface area contributed by atoms with Crippen LogP contribution in [0.2, 0.25) is 5.02 Å². The molecule has 1 saturated heterocycles. The summed E-state index contributed by atoms with van der Waals surface area (Å²) in [5, 5.41) is 4.37. The van der Waals surface area contributed by atoms with Crippen molar-refractivity contribution in [1.82, 2.24) is 10.2 Å². The smallest absolute Gasteiger partial charge is 0.0406 e. The maximum Gasteiger partial charge on any atom is 0.0406 e. The van der Waals surface area contributed by atoms with E-state index >= 15 is 0 Å². The number of nitrogens with zero attached hydrogens (tertiary/aromatic N) is 1. The summed E-state index contributed by atoms with van der Waals surface area (Å²) in [6.07, 6.45) is 3.91. The van der Waals surface area contributed by atoms with Gasteiger partial charge in [0.2, 0.25) is 0 Å². The van der Waals surface area contributed by atoms with E-state index in [1.165, 1.54) is 37.9 Å². The Labute approximate surface area is 122 Å². The molecule has 1 aliphatic heterocycles. The number of benzene rings is 1. The van der Waals surface area contributed by atoms with Gasteiger partial charge in [-0.05, 0) is 56.0 Å². The van der Waals surface area contributed by atoms with E-state index in [0.29, 0.717) is 5.41 Å². The summed E-state index contributed by atoms with van der Waals surface area (Å²) in [5.74, 6) is 0. The van der Waals surface area contributed by atoms with Crippen LogP contribution in [-0.4, -0.2) is 31.6 Å². The molecule has 0 saturated carbocycles. The Kier molecular flexibility index (Phi) is 5.26. The van der Waals surface area contributed by atoms with Gasteiger partial charge in [0, 0.05) is 24.7 Å². The summed E-state index contributed by atoms with van der Waals surface area (Å²) in [6, 6.07) is 8.19. The van der Waals surface area contributed by atoms with E-state index in [9.17, 15) is 0 Å². The standard InChI is InChI=1S/C16H25ClN2/c1-3-16(9-4-10-18-12-16)13-19(2)11-14-5-7-15(17)8-6-14/h5-8,18H,3-4,9-13H2,1-2H3. The molecule has 0 aromatic heterocycles. The van der Waals surface area contributed by atoms with E-state index in [-0.39, 0.29) is 0 Å². The van der Waals surface area contributed by atoms with Crippen molar-refractivity contribution < 1.29 is 0 Å². The van der Waals surface area contributed by atoms with Crippen LogP contribution in [0.15, 0.2) is 24.3 Å². The van der Waals surface area contributed by atoms with Gasteiger partial charge < -0.3 is 10.2 Å². The Bertz CT molecular complexity index is 382. The number of nitrogens with one attached hydrogen (secondary N) is 1. The third-order valence-corrected chi connectivity index (χ3v) is 4.53. The topological polar surface area (TPSA) is 15.3 Å². The maximum absolute atomic E-state index is 5.93. The molecule has 1 aliphatic rings. The average Bonchev–Trinajstić information content (AvgIpc) is 2.42. The van der Waals surface area contributed by atoms with Crippen molar-refractivity contribution in [3.63, 3.8) is 0 Å². The Balaban J connectivity index is 1.92. The lowest BCUT2D eigenvalue weighted by Crippen LogP contribution is -2.46. The van der Waals surface area contributed by atoms with Crippen LogP contribution in [0.5, 0.6) is 0 Å². The van der Waals surface area contributed by atoms with E-state index < -0.39 is 0 Å². The van der Waals surface area contributed by atoms with Gasteiger partial charge in [-0.2, -0.15) is 0 Å². The average molecular weight is 281 g/mol. The summed E-state index contributed by atoms with van der Waals surface area (Å²) < 4.78 is 0. The molecule has 2 rings (SSSR count). The first-order valence-electron chi connectivity index (χ1n) is 7.27. The molecule has 1 aromatic rings. The van der Waals surface area contributed by atoms with Gasteiger partial charge >= 0.3 is 0 Å². The summed E-state index contributed by atoms with van der Waals surface area (Å²) in [5.41, 5.74) is 1.79. The van der Waals surface area contributed by atoms with Crippen LogP contribution in [0.4, 0.5) is 0 Å². The summed E-state index contributed by atoms with van der Waals surface area (Å²) in [4.78, 5) is 2.44. The first-order chi connectivity index (χ1) is 9.13. The minimum Gasteiger partial charge on any atom is -0.316 e. The Morgan fingerprint density at radius 1 is 1.32 bits per heavy atom. The van der Waals surface area contributed by atoms with Gasteiger partial charge in [0.1, 0.15) is 0 Å². The minimum atomic E-state index is 0.458. The lowest BCUT2D eigenvalue weighted by Gasteiger charge is -2.40. The Morgan fingerprint density at radius 2 is 2.05 bits per heavy atom. The predicted molar refractivity (Wildman–Crippen MR) is 82.6 cm³/mol. The first-order valence-corrected chi connectivity index (χ1v) is 7.65. The molecule has 0 amide bonds. The molecule has 0 bridgehead atoms. The van der Waals surface area contributed by atoms with Crippen molar-refractivity contribution in [3.05, 3.63) is 34.9 Å². The molecular weight excluding hydrogens is 256 g/mol. The fourth-order valence-corrected chi connectivity index (χ4v) is 3.23. The van der Waals surface area contributed by atoms with Gasteiger partial charge in [-0.1, -0.05) is 30.7 Å². The molecule has 106 valence electrons. The molecular formula is C16H25ClN2. The molecule has 1 heterocycles. The summed E-state index contributed by atoms with van der Waals surface area (Å²) in [7, 11) is 2.22. The van der Waals surface area contributed by atoms with Crippen LogP contribution in [-0.2, 0) is 6.54 Å². The number of hydrogen-bond acceptors (Lipinski definition) is 2. The van der Waals surface area contributed by atoms with Crippen molar-refractivity contribution in [2.75, 3.05) is 26.7 Å². The number of halogens is 1. The van der Waals surface area contributed by atoms with Crippen LogP contribution in [0.25, 0.3) is 0 Å². The predicted octanol–water partition coefficient (Wildman–Crippen LogP) is 3.55. The first kappa shape index (κ1) is 14.8. The van der Waals surface area contributed by atoms with Gasteiger partial charge in [-0.25, -0.2) is 0 Å². The zero-order valence-electron chi connectivity index (χ0n) is 12.1. The SMILES string of the molecule is CCC1(CN(C)Cc2ccc(Cl)cc2)CCCNC1. The highest BCUT2D eigenvalue weighted by Crippen LogP contribution is 2.31. The van der Waals surface area contributed by atoms with Gasteiger partial charge in [0.15, 0.2) is 0 Å². The van der Waals surface area contributed by atoms with Crippen molar-refractivity contribution >= 4 is 11.6 Å². The number of piperidine rings is 1. The highest BCUT2D eigenvalue weighted by atomic mass is 35.5. The Hall–Kier alpha value is -0.570. The molecule has 2 nitrogen and oxygen atoms in total. The molecule has 1 atom stereocenters. The molecule has 1 aromatic carbocycles. The molecule has 1 unspecified atom stereocenters. The van der Waals surface area contributed by atoms with Crippen molar-refractivity contribution in [2.45, 2.75) is 32.7 Å². The van der Waals surface area contributed by atoms with Crippen LogP contribution in [0.1, 0.15) is 31.7 Å². The van der Waals surface area contributed by atoms with E-state index in [2.05, 4.69) is 36.3 Å². The van der Waals surface area contributed by atoms with Crippen molar-refractivity contribution in [3.8, 4) is 0 Å². The third kappa shape index (κ3) is 4.20. The Morgan fingerprint density at radius 3 is 2.63 bits per heavy atom. The van der Waals surface area contributed by atoms with Crippen LogP contribution >= 0.6 is 11.6 Å². The number of rotatable bonds is 5. The highest BCUT2D eigenvalue weighted by Gasteiger charge is 2.31. The number of hydrogen-bond donors (Lipinski definition) is 1. The normalized spacial score (nSPS) is 23.8.